The van der Waals surface area contributed by atoms with Gasteiger partial charge >= 0.3 is 5.97 Å². The number of carbonyl (C=O) groups excluding carboxylic acids is 1. The van der Waals surface area contributed by atoms with Crippen molar-refractivity contribution >= 4 is 11.9 Å². The summed E-state index contributed by atoms with van der Waals surface area (Å²) < 4.78 is 0. The van der Waals surface area contributed by atoms with Crippen LogP contribution in [0, 0.1) is 0 Å². The number of amides is 1. The summed E-state index contributed by atoms with van der Waals surface area (Å²) in [7, 11) is 1.60. The van der Waals surface area contributed by atoms with Crippen LogP contribution >= 0.6 is 0 Å². The SMILES string of the molecule is CN(C(=O)C1(c2ccccc2)CCCC1)C(C)(C)C(=O)O. The predicted molar refractivity (Wildman–Crippen MR) is 81.1 cm³/mol. The normalized spacial score (nSPS) is 17.5. The monoisotopic (exact) mass is 289 g/mol. The molecule has 0 radical (unpaired) electrons. The van der Waals surface area contributed by atoms with Gasteiger partial charge in [-0.15, -0.1) is 0 Å². The molecule has 0 atom stereocenters. The predicted octanol–water partition coefficient (Wildman–Crippen LogP) is 2.82. The lowest BCUT2D eigenvalue weighted by atomic mass is 9.77. The highest BCUT2D eigenvalue weighted by atomic mass is 16.4. The molecule has 0 aromatic heterocycles. The molecule has 0 aliphatic heterocycles. The van der Waals surface area contributed by atoms with Gasteiger partial charge in [-0.25, -0.2) is 4.79 Å². The van der Waals surface area contributed by atoms with Gasteiger partial charge in [-0.3, -0.25) is 4.79 Å². The number of carboxylic acid groups (broad SMARTS) is 1. The number of hydrogen-bond donors (Lipinski definition) is 1. The van der Waals surface area contributed by atoms with Crippen LogP contribution < -0.4 is 0 Å². The van der Waals surface area contributed by atoms with Crippen molar-refractivity contribution in [3.8, 4) is 0 Å². The second kappa shape index (κ2) is 5.51. The van der Waals surface area contributed by atoms with Gasteiger partial charge in [-0.1, -0.05) is 43.2 Å². The molecule has 114 valence electrons. The molecule has 1 aromatic carbocycles. The molecule has 1 aliphatic carbocycles. The van der Waals surface area contributed by atoms with Crippen LogP contribution in [0.2, 0.25) is 0 Å². The van der Waals surface area contributed by atoms with E-state index in [9.17, 15) is 14.7 Å². The molecule has 4 heteroatoms. The molecular weight excluding hydrogens is 266 g/mol. The number of rotatable bonds is 4. The Morgan fingerprint density at radius 2 is 1.67 bits per heavy atom. The molecule has 21 heavy (non-hydrogen) atoms. The molecule has 0 heterocycles. The number of carbonyl (C=O) groups is 2. The molecule has 0 unspecified atom stereocenters. The summed E-state index contributed by atoms with van der Waals surface area (Å²) in [6, 6.07) is 9.76. The summed E-state index contributed by atoms with van der Waals surface area (Å²) in [6.07, 6.45) is 3.58. The van der Waals surface area contributed by atoms with Crippen LogP contribution in [-0.4, -0.2) is 34.5 Å². The van der Waals surface area contributed by atoms with Crippen molar-refractivity contribution in [1.82, 2.24) is 4.90 Å². The largest absolute Gasteiger partial charge is 0.480 e. The van der Waals surface area contributed by atoms with E-state index in [1.165, 1.54) is 4.90 Å². The van der Waals surface area contributed by atoms with Crippen LogP contribution in [0.4, 0.5) is 0 Å². The number of likely N-dealkylation sites (N-methyl/N-ethyl adjacent to an activating group) is 1. The number of hydrogen-bond acceptors (Lipinski definition) is 2. The first-order chi connectivity index (χ1) is 9.82. The lowest BCUT2D eigenvalue weighted by Crippen LogP contribution is -2.56. The number of aliphatic carboxylic acids is 1. The summed E-state index contributed by atoms with van der Waals surface area (Å²) in [4.78, 5) is 25.9. The fraction of sp³-hybridized carbons (Fsp3) is 0.529. The maximum absolute atomic E-state index is 13.1. The Kier molecular flexibility index (Phi) is 4.08. The highest BCUT2D eigenvalue weighted by Gasteiger charge is 2.48. The highest BCUT2D eigenvalue weighted by molar-refractivity contribution is 5.93. The first kappa shape index (κ1) is 15.5. The lowest BCUT2D eigenvalue weighted by Gasteiger charge is -2.39. The van der Waals surface area contributed by atoms with Gasteiger partial charge in [0, 0.05) is 7.05 Å². The summed E-state index contributed by atoms with van der Waals surface area (Å²) in [6.45, 7) is 3.14. The second-order valence-corrected chi connectivity index (χ2v) is 6.38. The minimum atomic E-state index is -1.21. The number of carboxylic acids is 1. The Morgan fingerprint density at radius 1 is 1.14 bits per heavy atom. The topological polar surface area (TPSA) is 57.6 Å². The van der Waals surface area contributed by atoms with Gasteiger partial charge < -0.3 is 10.0 Å². The summed E-state index contributed by atoms with van der Waals surface area (Å²) in [5.74, 6) is -1.07. The first-order valence-corrected chi connectivity index (χ1v) is 7.39. The molecule has 1 fully saturated rings. The van der Waals surface area contributed by atoms with E-state index in [2.05, 4.69) is 0 Å². The standard InChI is InChI=1S/C17H23NO3/c1-16(2,15(20)21)18(3)14(19)17(11-7-8-12-17)13-9-5-4-6-10-13/h4-6,9-10H,7-8,11-12H2,1-3H3,(H,20,21). The first-order valence-electron chi connectivity index (χ1n) is 7.39. The zero-order chi connectivity index (χ0) is 15.7. The molecular formula is C17H23NO3. The molecule has 4 nitrogen and oxygen atoms in total. The van der Waals surface area contributed by atoms with Crippen molar-refractivity contribution in [3.63, 3.8) is 0 Å². The van der Waals surface area contributed by atoms with Crippen molar-refractivity contribution in [2.75, 3.05) is 7.05 Å². The molecule has 1 N–H and O–H groups in total. The molecule has 1 aromatic rings. The van der Waals surface area contributed by atoms with Crippen molar-refractivity contribution in [2.45, 2.75) is 50.5 Å². The zero-order valence-corrected chi connectivity index (χ0v) is 12.9. The summed E-state index contributed by atoms with van der Waals surface area (Å²) >= 11 is 0. The summed E-state index contributed by atoms with van der Waals surface area (Å²) in [5.41, 5.74) is -0.773. The Hall–Kier alpha value is -1.84. The Balaban J connectivity index is 2.40. The van der Waals surface area contributed by atoms with Gasteiger partial charge in [0.05, 0.1) is 5.41 Å². The van der Waals surface area contributed by atoms with Gasteiger partial charge in [0.2, 0.25) is 5.91 Å². The van der Waals surface area contributed by atoms with E-state index >= 15 is 0 Å². The van der Waals surface area contributed by atoms with E-state index < -0.39 is 16.9 Å². The average Bonchev–Trinajstić information content (AvgIpc) is 2.97. The van der Waals surface area contributed by atoms with E-state index in [0.29, 0.717) is 0 Å². The van der Waals surface area contributed by atoms with E-state index in [1.807, 2.05) is 30.3 Å². The van der Waals surface area contributed by atoms with E-state index in [4.69, 9.17) is 0 Å². The number of nitrogens with zero attached hydrogens (tertiary/aromatic N) is 1. The Morgan fingerprint density at radius 3 is 2.14 bits per heavy atom. The maximum Gasteiger partial charge on any atom is 0.329 e. The number of benzene rings is 1. The van der Waals surface area contributed by atoms with Gasteiger partial charge in [0.15, 0.2) is 0 Å². The van der Waals surface area contributed by atoms with Crippen LogP contribution in [0.3, 0.4) is 0 Å². The smallest absolute Gasteiger partial charge is 0.329 e. The molecule has 1 saturated carbocycles. The minimum absolute atomic E-state index is 0.0846. The van der Waals surface area contributed by atoms with Crippen LogP contribution in [0.1, 0.15) is 45.1 Å². The Labute approximate surface area is 125 Å². The van der Waals surface area contributed by atoms with E-state index in [1.54, 1.807) is 20.9 Å². The minimum Gasteiger partial charge on any atom is -0.480 e. The highest BCUT2D eigenvalue weighted by Crippen LogP contribution is 2.43. The van der Waals surface area contributed by atoms with Crippen LogP contribution in [0.25, 0.3) is 0 Å². The molecule has 0 saturated heterocycles. The van der Waals surface area contributed by atoms with Crippen LogP contribution in [0.15, 0.2) is 30.3 Å². The van der Waals surface area contributed by atoms with Crippen molar-refractivity contribution in [1.29, 1.82) is 0 Å². The molecule has 1 aliphatic rings. The van der Waals surface area contributed by atoms with Gasteiger partial charge in [-0.05, 0) is 32.3 Å². The van der Waals surface area contributed by atoms with Gasteiger partial charge in [0.25, 0.3) is 0 Å². The molecule has 0 spiro atoms. The molecule has 0 bridgehead atoms. The summed E-state index contributed by atoms with van der Waals surface area (Å²) in [5, 5.41) is 9.36. The molecule has 1 amide bonds. The maximum atomic E-state index is 13.1. The van der Waals surface area contributed by atoms with Crippen molar-refractivity contribution in [2.24, 2.45) is 0 Å². The zero-order valence-electron chi connectivity index (χ0n) is 12.9. The second-order valence-electron chi connectivity index (χ2n) is 6.38. The lowest BCUT2D eigenvalue weighted by molar-refractivity contribution is -0.157. The quantitative estimate of drug-likeness (QED) is 0.927. The van der Waals surface area contributed by atoms with Crippen molar-refractivity contribution in [3.05, 3.63) is 35.9 Å². The molecule has 2 rings (SSSR count). The third kappa shape index (κ3) is 2.55. The van der Waals surface area contributed by atoms with Crippen molar-refractivity contribution < 1.29 is 14.7 Å². The third-order valence-electron chi connectivity index (χ3n) is 4.86. The fourth-order valence-corrected chi connectivity index (χ4v) is 3.08. The van der Waals surface area contributed by atoms with Crippen LogP contribution in [-0.2, 0) is 15.0 Å². The Bertz CT molecular complexity index is 530. The van der Waals surface area contributed by atoms with Gasteiger partial charge in [-0.2, -0.15) is 0 Å². The average molecular weight is 289 g/mol. The van der Waals surface area contributed by atoms with E-state index in [-0.39, 0.29) is 5.91 Å². The van der Waals surface area contributed by atoms with Crippen LogP contribution in [0.5, 0.6) is 0 Å². The van der Waals surface area contributed by atoms with Gasteiger partial charge in [0.1, 0.15) is 5.54 Å². The van der Waals surface area contributed by atoms with E-state index in [0.717, 1.165) is 31.2 Å². The fourth-order valence-electron chi connectivity index (χ4n) is 3.08. The third-order valence-corrected chi connectivity index (χ3v) is 4.86.